The fourth-order valence-corrected chi connectivity index (χ4v) is 2.23. The molecule has 0 aliphatic heterocycles. The second kappa shape index (κ2) is 3.50. The van der Waals surface area contributed by atoms with Crippen LogP contribution in [0.2, 0.25) is 0 Å². The Hall–Kier alpha value is -0.830. The number of aromatic nitrogens is 2. The maximum atomic E-state index is 5.94. The molecule has 0 radical (unpaired) electrons. The highest BCUT2D eigenvalue weighted by Gasteiger charge is 2.23. The first kappa shape index (κ1) is 8.75. The summed E-state index contributed by atoms with van der Waals surface area (Å²) in [6.07, 6.45) is 8.66. The van der Waals surface area contributed by atoms with E-state index in [4.69, 9.17) is 5.73 Å². The molecule has 0 saturated heterocycles. The van der Waals surface area contributed by atoms with E-state index in [9.17, 15) is 0 Å². The summed E-state index contributed by atoms with van der Waals surface area (Å²) in [7, 11) is 2.06. The van der Waals surface area contributed by atoms with Crippen molar-refractivity contribution in [3.8, 4) is 0 Å². The SMILES string of the molecule is Cn1ccnc1[C@H]1CCC[C@H](N)C1. The lowest BCUT2D eigenvalue weighted by Crippen LogP contribution is -2.27. The van der Waals surface area contributed by atoms with E-state index >= 15 is 0 Å². The first-order valence-corrected chi connectivity index (χ1v) is 5.00. The Morgan fingerprint density at radius 1 is 1.54 bits per heavy atom. The van der Waals surface area contributed by atoms with E-state index in [1.165, 1.54) is 25.1 Å². The molecule has 1 aliphatic carbocycles. The summed E-state index contributed by atoms with van der Waals surface area (Å²) >= 11 is 0. The molecular formula is C10H17N3. The van der Waals surface area contributed by atoms with E-state index in [1.54, 1.807) is 0 Å². The molecule has 2 N–H and O–H groups in total. The molecule has 1 saturated carbocycles. The number of aryl methyl sites for hydroxylation is 1. The van der Waals surface area contributed by atoms with Gasteiger partial charge in [-0.05, 0) is 19.3 Å². The second-order valence-electron chi connectivity index (χ2n) is 4.02. The molecule has 3 nitrogen and oxygen atoms in total. The molecular weight excluding hydrogens is 162 g/mol. The third kappa shape index (κ3) is 1.75. The van der Waals surface area contributed by atoms with Crippen LogP contribution in [0.25, 0.3) is 0 Å². The number of nitrogens with two attached hydrogens (primary N) is 1. The van der Waals surface area contributed by atoms with Gasteiger partial charge in [-0.2, -0.15) is 0 Å². The first-order valence-electron chi connectivity index (χ1n) is 5.00. The van der Waals surface area contributed by atoms with Gasteiger partial charge >= 0.3 is 0 Å². The third-order valence-electron chi connectivity index (χ3n) is 2.94. The highest BCUT2D eigenvalue weighted by molar-refractivity contribution is 5.02. The maximum absolute atomic E-state index is 5.94. The van der Waals surface area contributed by atoms with Crippen molar-refractivity contribution in [2.75, 3.05) is 0 Å². The number of nitrogens with zero attached hydrogens (tertiary/aromatic N) is 2. The Bertz CT molecular complexity index is 279. The minimum atomic E-state index is 0.385. The lowest BCUT2D eigenvalue weighted by molar-refractivity contribution is 0.377. The molecule has 2 rings (SSSR count). The van der Waals surface area contributed by atoms with Gasteiger partial charge in [0.2, 0.25) is 0 Å². The van der Waals surface area contributed by atoms with Crippen LogP contribution in [0.4, 0.5) is 0 Å². The van der Waals surface area contributed by atoms with Crippen molar-refractivity contribution < 1.29 is 0 Å². The normalized spacial score (nSPS) is 29.1. The van der Waals surface area contributed by atoms with Crippen LogP contribution in [0.5, 0.6) is 0 Å². The van der Waals surface area contributed by atoms with Gasteiger partial charge in [0.05, 0.1) is 0 Å². The van der Waals surface area contributed by atoms with Gasteiger partial charge in [0, 0.05) is 31.4 Å². The Morgan fingerprint density at radius 2 is 2.38 bits per heavy atom. The van der Waals surface area contributed by atoms with Gasteiger partial charge in [-0.25, -0.2) is 4.98 Å². The lowest BCUT2D eigenvalue weighted by Gasteiger charge is -2.25. The zero-order valence-electron chi connectivity index (χ0n) is 8.11. The topological polar surface area (TPSA) is 43.8 Å². The minimum absolute atomic E-state index is 0.385. The largest absolute Gasteiger partial charge is 0.338 e. The fraction of sp³-hybridized carbons (Fsp3) is 0.700. The molecule has 0 unspecified atom stereocenters. The van der Waals surface area contributed by atoms with Crippen LogP contribution >= 0.6 is 0 Å². The van der Waals surface area contributed by atoms with Crippen LogP contribution in [-0.2, 0) is 7.05 Å². The van der Waals surface area contributed by atoms with E-state index in [1.807, 2.05) is 12.4 Å². The molecule has 1 aromatic rings. The van der Waals surface area contributed by atoms with Crippen molar-refractivity contribution in [3.63, 3.8) is 0 Å². The standard InChI is InChI=1S/C10H17N3/c1-13-6-5-12-10(13)8-3-2-4-9(11)7-8/h5-6,8-9H,2-4,7,11H2,1H3/t8-,9-/m0/s1. The summed E-state index contributed by atoms with van der Waals surface area (Å²) in [4.78, 5) is 4.38. The summed E-state index contributed by atoms with van der Waals surface area (Å²) < 4.78 is 2.11. The van der Waals surface area contributed by atoms with Gasteiger partial charge in [0.25, 0.3) is 0 Å². The summed E-state index contributed by atoms with van der Waals surface area (Å²) in [6, 6.07) is 0.385. The smallest absolute Gasteiger partial charge is 0.111 e. The predicted octanol–water partition coefficient (Wildman–Crippen LogP) is 1.41. The molecule has 0 spiro atoms. The van der Waals surface area contributed by atoms with E-state index in [2.05, 4.69) is 16.6 Å². The van der Waals surface area contributed by atoms with Crippen molar-refractivity contribution >= 4 is 0 Å². The molecule has 0 amide bonds. The van der Waals surface area contributed by atoms with E-state index in [0.717, 1.165) is 6.42 Å². The summed E-state index contributed by atoms with van der Waals surface area (Å²) in [5.74, 6) is 1.79. The Balaban J connectivity index is 2.12. The molecule has 13 heavy (non-hydrogen) atoms. The average molecular weight is 179 g/mol. The number of imidazole rings is 1. The highest BCUT2D eigenvalue weighted by Crippen LogP contribution is 2.30. The number of hydrogen-bond acceptors (Lipinski definition) is 2. The Labute approximate surface area is 79.0 Å². The highest BCUT2D eigenvalue weighted by atomic mass is 15.0. The molecule has 1 heterocycles. The predicted molar refractivity (Wildman–Crippen MR) is 52.4 cm³/mol. The minimum Gasteiger partial charge on any atom is -0.338 e. The van der Waals surface area contributed by atoms with Crippen molar-refractivity contribution in [1.82, 2.24) is 9.55 Å². The zero-order valence-corrected chi connectivity index (χ0v) is 8.11. The molecule has 72 valence electrons. The van der Waals surface area contributed by atoms with Crippen LogP contribution in [0.1, 0.15) is 37.4 Å². The Morgan fingerprint density at radius 3 is 3.00 bits per heavy atom. The van der Waals surface area contributed by atoms with Crippen molar-refractivity contribution in [2.24, 2.45) is 12.8 Å². The van der Waals surface area contributed by atoms with E-state index in [0.29, 0.717) is 12.0 Å². The molecule has 1 aromatic heterocycles. The number of rotatable bonds is 1. The van der Waals surface area contributed by atoms with Gasteiger partial charge in [-0.15, -0.1) is 0 Å². The van der Waals surface area contributed by atoms with Crippen LogP contribution in [0.3, 0.4) is 0 Å². The maximum Gasteiger partial charge on any atom is 0.111 e. The monoisotopic (exact) mass is 179 g/mol. The van der Waals surface area contributed by atoms with Crippen LogP contribution < -0.4 is 5.73 Å². The van der Waals surface area contributed by atoms with Gasteiger partial charge < -0.3 is 10.3 Å². The fourth-order valence-electron chi connectivity index (χ4n) is 2.23. The molecule has 1 fully saturated rings. The second-order valence-corrected chi connectivity index (χ2v) is 4.02. The van der Waals surface area contributed by atoms with Crippen LogP contribution in [0, 0.1) is 0 Å². The van der Waals surface area contributed by atoms with E-state index < -0.39 is 0 Å². The molecule has 2 atom stereocenters. The number of hydrogen-bond donors (Lipinski definition) is 1. The molecule has 1 aliphatic rings. The first-order chi connectivity index (χ1) is 6.27. The summed E-state index contributed by atoms with van der Waals surface area (Å²) in [6.45, 7) is 0. The van der Waals surface area contributed by atoms with Crippen LogP contribution in [0.15, 0.2) is 12.4 Å². The summed E-state index contributed by atoms with van der Waals surface area (Å²) in [5.41, 5.74) is 5.94. The van der Waals surface area contributed by atoms with Gasteiger partial charge in [0.1, 0.15) is 5.82 Å². The Kier molecular flexibility index (Phi) is 2.36. The van der Waals surface area contributed by atoms with Gasteiger partial charge in [-0.1, -0.05) is 6.42 Å². The van der Waals surface area contributed by atoms with Crippen molar-refractivity contribution in [2.45, 2.75) is 37.6 Å². The van der Waals surface area contributed by atoms with Crippen LogP contribution in [-0.4, -0.2) is 15.6 Å². The quantitative estimate of drug-likeness (QED) is 0.708. The molecule has 0 aromatic carbocycles. The third-order valence-corrected chi connectivity index (χ3v) is 2.94. The molecule has 0 bridgehead atoms. The molecule has 3 heteroatoms. The lowest BCUT2D eigenvalue weighted by atomic mass is 9.85. The summed E-state index contributed by atoms with van der Waals surface area (Å²) in [5, 5.41) is 0. The van der Waals surface area contributed by atoms with E-state index in [-0.39, 0.29) is 0 Å². The van der Waals surface area contributed by atoms with Gasteiger partial charge in [-0.3, -0.25) is 0 Å². The van der Waals surface area contributed by atoms with Gasteiger partial charge in [0.15, 0.2) is 0 Å². The zero-order chi connectivity index (χ0) is 9.26. The van der Waals surface area contributed by atoms with Crippen molar-refractivity contribution in [1.29, 1.82) is 0 Å². The van der Waals surface area contributed by atoms with Crippen molar-refractivity contribution in [3.05, 3.63) is 18.2 Å². The average Bonchev–Trinajstić information content (AvgIpc) is 2.51.